The van der Waals surface area contributed by atoms with Gasteiger partial charge in [0.2, 0.25) is 0 Å². The third kappa shape index (κ3) is 2.12. The standard InChI is InChI=1S/C8H9F3N2O/c1-3-5-4-12-7(14-2)13-6(5)8(9,10)11/h4H,3H2,1-2H3. The smallest absolute Gasteiger partial charge is 0.433 e. The van der Waals surface area contributed by atoms with Crippen molar-refractivity contribution in [1.82, 2.24) is 9.97 Å². The summed E-state index contributed by atoms with van der Waals surface area (Å²) in [6.07, 6.45) is -3.09. The lowest BCUT2D eigenvalue weighted by atomic mass is 10.2. The number of nitrogens with zero attached hydrogens (tertiary/aromatic N) is 2. The molecule has 14 heavy (non-hydrogen) atoms. The summed E-state index contributed by atoms with van der Waals surface area (Å²) in [6, 6.07) is -0.269. The van der Waals surface area contributed by atoms with Gasteiger partial charge in [0, 0.05) is 11.8 Å². The minimum absolute atomic E-state index is 0.0679. The molecule has 6 heteroatoms. The first-order valence-corrected chi connectivity index (χ1v) is 3.96. The zero-order valence-corrected chi connectivity index (χ0v) is 7.72. The molecule has 0 atom stereocenters. The highest BCUT2D eigenvalue weighted by molar-refractivity contribution is 5.21. The van der Waals surface area contributed by atoms with Gasteiger partial charge >= 0.3 is 12.2 Å². The maximum atomic E-state index is 12.4. The Balaban J connectivity index is 3.22. The van der Waals surface area contributed by atoms with Crippen molar-refractivity contribution in [2.45, 2.75) is 19.5 Å². The highest BCUT2D eigenvalue weighted by Gasteiger charge is 2.35. The van der Waals surface area contributed by atoms with Crippen LogP contribution in [0.25, 0.3) is 0 Å². The fraction of sp³-hybridized carbons (Fsp3) is 0.500. The van der Waals surface area contributed by atoms with Gasteiger partial charge in [-0.05, 0) is 6.42 Å². The number of halogens is 3. The first-order valence-electron chi connectivity index (χ1n) is 3.96. The molecular weight excluding hydrogens is 197 g/mol. The molecule has 0 spiro atoms. The second kappa shape index (κ2) is 3.81. The summed E-state index contributed by atoms with van der Waals surface area (Å²) in [4.78, 5) is 6.88. The first kappa shape index (κ1) is 10.7. The first-order chi connectivity index (χ1) is 6.49. The van der Waals surface area contributed by atoms with Crippen LogP contribution in [0, 0.1) is 0 Å². The van der Waals surface area contributed by atoms with Crippen LogP contribution < -0.4 is 4.74 Å². The second-order valence-corrected chi connectivity index (χ2v) is 2.58. The van der Waals surface area contributed by atoms with Gasteiger partial charge < -0.3 is 4.74 Å². The van der Waals surface area contributed by atoms with Gasteiger partial charge in [-0.3, -0.25) is 0 Å². The maximum Gasteiger partial charge on any atom is 0.433 e. The number of aromatic nitrogens is 2. The molecular formula is C8H9F3N2O. The topological polar surface area (TPSA) is 35.0 Å². The molecule has 1 aromatic heterocycles. The Bertz CT molecular complexity index is 325. The van der Waals surface area contributed by atoms with E-state index in [0.29, 0.717) is 0 Å². The Morgan fingerprint density at radius 3 is 2.50 bits per heavy atom. The Morgan fingerprint density at radius 2 is 2.07 bits per heavy atom. The highest BCUT2D eigenvalue weighted by atomic mass is 19.4. The molecule has 0 saturated carbocycles. The van der Waals surface area contributed by atoms with E-state index in [4.69, 9.17) is 0 Å². The number of methoxy groups -OCH3 is 1. The van der Waals surface area contributed by atoms with E-state index in [9.17, 15) is 13.2 Å². The van der Waals surface area contributed by atoms with E-state index in [-0.39, 0.29) is 18.0 Å². The summed E-state index contributed by atoms with van der Waals surface area (Å²) in [5.74, 6) is 0. The molecule has 0 aliphatic rings. The SMILES string of the molecule is CCc1cnc(OC)nc1C(F)(F)F. The van der Waals surface area contributed by atoms with Crippen molar-refractivity contribution in [2.75, 3.05) is 7.11 Å². The molecule has 0 N–H and O–H groups in total. The van der Waals surface area contributed by atoms with Crippen LogP contribution in [0.15, 0.2) is 6.20 Å². The molecule has 1 heterocycles. The van der Waals surface area contributed by atoms with Crippen LogP contribution in [0.1, 0.15) is 18.2 Å². The molecule has 3 nitrogen and oxygen atoms in total. The van der Waals surface area contributed by atoms with Gasteiger partial charge in [0.1, 0.15) is 0 Å². The van der Waals surface area contributed by atoms with Crippen molar-refractivity contribution < 1.29 is 17.9 Å². The predicted octanol–water partition coefficient (Wildman–Crippen LogP) is 2.07. The van der Waals surface area contributed by atoms with E-state index in [2.05, 4.69) is 14.7 Å². The molecule has 0 fully saturated rings. The lowest BCUT2D eigenvalue weighted by Crippen LogP contribution is -2.13. The van der Waals surface area contributed by atoms with Gasteiger partial charge in [0.25, 0.3) is 0 Å². The molecule has 1 aromatic rings. The predicted molar refractivity (Wildman–Crippen MR) is 43.0 cm³/mol. The Kier molecular flexibility index (Phi) is 2.93. The van der Waals surface area contributed by atoms with Crippen molar-refractivity contribution in [3.63, 3.8) is 0 Å². The zero-order chi connectivity index (χ0) is 10.8. The van der Waals surface area contributed by atoms with Crippen LogP contribution in [0.3, 0.4) is 0 Å². The third-order valence-electron chi connectivity index (χ3n) is 1.67. The Labute approximate surface area is 78.9 Å². The number of ether oxygens (including phenoxy) is 1. The van der Waals surface area contributed by atoms with E-state index in [1.54, 1.807) is 6.92 Å². The molecule has 1 rings (SSSR count). The van der Waals surface area contributed by atoms with E-state index < -0.39 is 11.9 Å². The summed E-state index contributed by atoms with van der Waals surface area (Å²) in [7, 11) is 1.22. The van der Waals surface area contributed by atoms with E-state index in [1.165, 1.54) is 7.11 Å². The van der Waals surface area contributed by atoms with E-state index in [0.717, 1.165) is 6.20 Å². The molecule has 78 valence electrons. The van der Waals surface area contributed by atoms with Gasteiger partial charge in [-0.25, -0.2) is 4.98 Å². The van der Waals surface area contributed by atoms with Crippen LogP contribution >= 0.6 is 0 Å². The Hall–Kier alpha value is -1.33. The monoisotopic (exact) mass is 206 g/mol. The summed E-state index contributed by atoms with van der Waals surface area (Å²) in [5, 5.41) is 0. The van der Waals surface area contributed by atoms with Crippen LogP contribution in [0.4, 0.5) is 13.2 Å². The minimum atomic E-state index is -4.46. The normalized spacial score (nSPS) is 11.5. The molecule has 0 aliphatic heterocycles. The maximum absolute atomic E-state index is 12.4. The van der Waals surface area contributed by atoms with Crippen molar-refractivity contribution in [3.8, 4) is 6.01 Å². The number of hydrogen-bond acceptors (Lipinski definition) is 3. The molecule has 0 aromatic carbocycles. The van der Waals surface area contributed by atoms with Crippen LogP contribution in [-0.4, -0.2) is 17.1 Å². The van der Waals surface area contributed by atoms with Crippen molar-refractivity contribution in [2.24, 2.45) is 0 Å². The van der Waals surface area contributed by atoms with Crippen molar-refractivity contribution in [3.05, 3.63) is 17.5 Å². The van der Waals surface area contributed by atoms with Gasteiger partial charge in [-0.2, -0.15) is 18.2 Å². The summed E-state index contributed by atoms with van der Waals surface area (Å²) in [5.41, 5.74) is -0.856. The second-order valence-electron chi connectivity index (χ2n) is 2.58. The summed E-state index contributed by atoms with van der Waals surface area (Å²) in [6.45, 7) is 1.61. The largest absolute Gasteiger partial charge is 0.467 e. The quantitative estimate of drug-likeness (QED) is 0.742. The van der Waals surface area contributed by atoms with Crippen LogP contribution in [0.5, 0.6) is 6.01 Å². The van der Waals surface area contributed by atoms with Gasteiger partial charge in [0.15, 0.2) is 5.69 Å². The number of hydrogen-bond donors (Lipinski definition) is 0. The number of rotatable bonds is 2. The van der Waals surface area contributed by atoms with E-state index >= 15 is 0 Å². The molecule has 0 saturated heterocycles. The van der Waals surface area contributed by atoms with Crippen molar-refractivity contribution >= 4 is 0 Å². The minimum Gasteiger partial charge on any atom is -0.467 e. The number of aryl methyl sites for hydroxylation is 1. The zero-order valence-electron chi connectivity index (χ0n) is 7.72. The molecule has 0 bridgehead atoms. The van der Waals surface area contributed by atoms with Gasteiger partial charge in [0.05, 0.1) is 7.11 Å². The van der Waals surface area contributed by atoms with Crippen molar-refractivity contribution in [1.29, 1.82) is 0 Å². The molecule has 0 unspecified atom stereocenters. The lowest BCUT2D eigenvalue weighted by molar-refractivity contribution is -0.142. The van der Waals surface area contributed by atoms with Crippen LogP contribution in [0.2, 0.25) is 0 Å². The number of alkyl halides is 3. The lowest BCUT2D eigenvalue weighted by Gasteiger charge is -2.10. The molecule has 0 radical (unpaired) electrons. The third-order valence-corrected chi connectivity index (χ3v) is 1.67. The Morgan fingerprint density at radius 1 is 1.43 bits per heavy atom. The fourth-order valence-corrected chi connectivity index (χ4v) is 0.993. The van der Waals surface area contributed by atoms with E-state index in [1.807, 2.05) is 0 Å². The molecule has 0 aliphatic carbocycles. The fourth-order valence-electron chi connectivity index (χ4n) is 0.993. The highest BCUT2D eigenvalue weighted by Crippen LogP contribution is 2.31. The summed E-state index contributed by atoms with van der Waals surface area (Å²) < 4.78 is 41.7. The van der Waals surface area contributed by atoms with Crippen LogP contribution in [-0.2, 0) is 12.6 Å². The van der Waals surface area contributed by atoms with Gasteiger partial charge in [-0.15, -0.1) is 0 Å². The van der Waals surface area contributed by atoms with Gasteiger partial charge in [-0.1, -0.05) is 6.92 Å². The average Bonchev–Trinajstić information content (AvgIpc) is 2.15. The molecule has 0 amide bonds. The summed E-state index contributed by atoms with van der Waals surface area (Å²) >= 11 is 0. The average molecular weight is 206 g/mol.